The molecular formula is C11H22O. The van der Waals surface area contributed by atoms with Crippen LogP contribution in [0, 0.1) is 11.8 Å². The predicted molar refractivity (Wildman–Crippen MR) is 52.0 cm³/mol. The molecular weight excluding hydrogens is 148 g/mol. The highest BCUT2D eigenvalue weighted by Gasteiger charge is 2.21. The van der Waals surface area contributed by atoms with Crippen LogP contribution in [0.1, 0.15) is 52.4 Å². The van der Waals surface area contributed by atoms with Gasteiger partial charge in [-0.2, -0.15) is 0 Å². The van der Waals surface area contributed by atoms with Gasteiger partial charge >= 0.3 is 0 Å². The molecule has 12 heavy (non-hydrogen) atoms. The highest BCUT2D eigenvalue weighted by molar-refractivity contribution is 4.73. The first kappa shape index (κ1) is 10.0. The Balaban J connectivity index is 2.36. The van der Waals surface area contributed by atoms with E-state index in [4.69, 9.17) is 0 Å². The van der Waals surface area contributed by atoms with E-state index in [1.165, 1.54) is 32.1 Å². The Morgan fingerprint density at radius 3 is 2.50 bits per heavy atom. The molecule has 1 nitrogen and oxygen atoms in total. The molecule has 0 heterocycles. The van der Waals surface area contributed by atoms with Crippen molar-refractivity contribution in [2.45, 2.75) is 58.5 Å². The van der Waals surface area contributed by atoms with Gasteiger partial charge in [-0.3, -0.25) is 0 Å². The zero-order valence-corrected chi connectivity index (χ0v) is 8.42. The van der Waals surface area contributed by atoms with Crippen molar-refractivity contribution >= 4 is 0 Å². The molecule has 1 saturated carbocycles. The average molecular weight is 170 g/mol. The third kappa shape index (κ3) is 3.14. The fourth-order valence-electron chi connectivity index (χ4n) is 2.25. The van der Waals surface area contributed by atoms with Gasteiger partial charge in [-0.05, 0) is 31.1 Å². The quantitative estimate of drug-likeness (QED) is 0.632. The fourth-order valence-corrected chi connectivity index (χ4v) is 2.25. The molecule has 0 amide bonds. The van der Waals surface area contributed by atoms with Gasteiger partial charge in [0.2, 0.25) is 0 Å². The van der Waals surface area contributed by atoms with Crippen LogP contribution in [0.3, 0.4) is 0 Å². The number of aliphatic hydroxyl groups is 1. The molecule has 2 atom stereocenters. The van der Waals surface area contributed by atoms with Crippen LogP contribution < -0.4 is 0 Å². The maximum absolute atomic E-state index is 9.80. The summed E-state index contributed by atoms with van der Waals surface area (Å²) in [5, 5.41) is 9.80. The summed E-state index contributed by atoms with van der Waals surface area (Å²) in [6.45, 7) is 4.50. The first-order valence-corrected chi connectivity index (χ1v) is 5.38. The summed E-state index contributed by atoms with van der Waals surface area (Å²) >= 11 is 0. The summed E-state index contributed by atoms with van der Waals surface area (Å²) < 4.78 is 0. The molecule has 1 aliphatic carbocycles. The Labute approximate surface area is 76.2 Å². The van der Waals surface area contributed by atoms with Crippen LogP contribution in [0.4, 0.5) is 0 Å². The van der Waals surface area contributed by atoms with E-state index in [9.17, 15) is 5.11 Å². The van der Waals surface area contributed by atoms with Crippen molar-refractivity contribution in [2.75, 3.05) is 0 Å². The average Bonchev–Trinajstić information content (AvgIpc) is 2.16. The molecule has 1 heteroatoms. The Morgan fingerprint density at radius 2 is 1.83 bits per heavy atom. The van der Waals surface area contributed by atoms with Crippen molar-refractivity contribution in [3.05, 3.63) is 0 Å². The largest absolute Gasteiger partial charge is 0.393 e. The first-order valence-electron chi connectivity index (χ1n) is 5.38. The highest BCUT2D eigenvalue weighted by atomic mass is 16.3. The first-order chi connectivity index (χ1) is 5.70. The number of aliphatic hydroxyl groups excluding tert-OH is 1. The zero-order chi connectivity index (χ0) is 8.97. The van der Waals surface area contributed by atoms with Crippen molar-refractivity contribution in [3.63, 3.8) is 0 Å². The summed E-state index contributed by atoms with van der Waals surface area (Å²) in [6.07, 6.45) is 7.38. The second kappa shape index (κ2) is 4.86. The molecule has 1 fully saturated rings. The van der Waals surface area contributed by atoms with E-state index in [1.54, 1.807) is 0 Å². The van der Waals surface area contributed by atoms with Gasteiger partial charge in [0, 0.05) is 0 Å². The smallest absolute Gasteiger partial charge is 0.0568 e. The molecule has 0 aliphatic heterocycles. The Hall–Kier alpha value is -0.0400. The number of hydrogen-bond donors (Lipinski definition) is 1. The van der Waals surface area contributed by atoms with Gasteiger partial charge in [0.25, 0.3) is 0 Å². The maximum atomic E-state index is 9.80. The molecule has 0 unspecified atom stereocenters. The van der Waals surface area contributed by atoms with E-state index in [2.05, 4.69) is 13.8 Å². The van der Waals surface area contributed by atoms with Crippen LogP contribution in [-0.4, -0.2) is 11.2 Å². The summed E-state index contributed by atoms with van der Waals surface area (Å²) in [7, 11) is 0. The highest BCUT2D eigenvalue weighted by Crippen LogP contribution is 2.28. The Bertz CT molecular complexity index is 120. The van der Waals surface area contributed by atoms with Gasteiger partial charge in [-0.15, -0.1) is 0 Å². The monoisotopic (exact) mass is 170 g/mol. The molecule has 0 aromatic rings. The topological polar surface area (TPSA) is 20.2 Å². The van der Waals surface area contributed by atoms with Crippen molar-refractivity contribution in [2.24, 2.45) is 11.8 Å². The van der Waals surface area contributed by atoms with Crippen LogP contribution in [-0.2, 0) is 0 Å². The lowest BCUT2D eigenvalue weighted by Gasteiger charge is -2.21. The van der Waals surface area contributed by atoms with Gasteiger partial charge in [0.15, 0.2) is 0 Å². The SMILES string of the molecule is CC(C)C[C@@H]1CCCCC[C@H]1O. The van der Waals surface area contributed by atoms with E-state index in [1.807, 2.05) is 0 Å². The second-order valence-corrected chi connectivity index (χ2v) is 4.59. The minimum Gasteiger partial charge on any atom is -0.393 e. The summed E-state index contributed by atoms with van der Waals surface area (Å²) in [5.41, 5.74) is 0. The van der Waals surface area contributed by atoms with Crippen molar-refractivity contribution in [3.8, 4) is 0 Å². The van der Waals surface area contributed by atoms with E-state index in [-0.39, 0.29) is 6.10 Å². The molecule has 0 aromatic carbocycles. The summed E-state index contributed by atoms with van der Waals surface area (Å²) in [6, 6.07) is 0. The molecule has 1 rings (SSSR count). The minimum absolute atomic E-state index is 0.00472. The van der Waals surface area contributed by atoms with Crippen LogP contribution in [0.15, 0.2) is 0 Å². The molecule has 72 valence electrons. The molecule has 1 aliphatic rings. The number of hydrogen-bond acceptors (Lipinski definition) is 1. The second-order valence-electron chi connectivity index (χ2n) is 4.59. The molecule has 0 saturated heterocycles. The standard InChI is InChI=1S/C11H22O/c1-9(2)8-10-6-4-3-5-7-11(10)12/h9-12H,3-8H2,1-2H3/t10-,11+/m0/s1. The zero-order valence-electron chi connectivity index (χ0n) is 8.42. The molecule has 0 radical (unpaired) electrons. The normalized spacial score (nSPS) is 32.0. The van der Waals surface area contributed by atoms with Crippen LogP contribution in [0.5, 0.6) is 0 Å². The van der Waals surface area contributed by atoms with Crippen molar-refractivity contribution in [1.82, 2.24) is 0 Å². The van der Waals surface area contributed by atoms with E-state index in [0.29, 0.717) is 5.92 Å². The van der Waals surface area contributed by atoms with E-state index < -0.39 is 0 Å². The van der Waals surface area contributed by atoms with Crippen LogP contribution in [0.25, 0.3) is 0 Å². The lowest BCUT2D eigenvalue weighted by atomic mass is 9.89. The van der Waals surface area contributed by atoms with Crippen molar-refractivity contribution in [1.29, 1.82) is 0 Å². The lowest BCUT2D eigenvalue weighted by molar-refractivity contribution is 0.0886. The van der Waals surface area contributed by atoms with Gasteiger partial charge < -0.3 is 5.11 Å². The third-order valence-electron chi connectivity index (χ3n) is 2.89. The number of rotatable bonds is 2. The van der Waals surface area contributed by atoms with Gasteiger partial charge in [0.05, 0.1) is 6.10 Å². The molecule has 0 aromatic heterocycles. The van der Waals surface area contributed by atoms with Crippen LogP contribution in [0.2, 0.25) is 0 Å². The van der Waals surface area contributed by atoms with E-state index >= 15 is 0 Å². The minimum atomic E-state index is -0.00472. The maximum Gasteiger partial charge on any atom is 0.0568 e. The third-order valence-corrected chi connectivity index (χ3v) is 2.89. The van der Waals surface area contributed by atoms with Gasteiger partial charge in [-0.25, -0.2) is 0 Å². The van der Waals surface area contributed by atoms with E-state index in [0.717, 1.165) is 12.3 Å². The summed E-state index contributed by atoms with van der Waals surface area (Å²) in [4.78, 5) is 0. The molecule has 1 N–H and O–H groups in total. The molecule has 0 bridgehead atoms. The lowest BCUT2D eigenvalue weighted by Crippen LogP contribution is -2.20. The predicted octanol–water partition coefficient (Wildman–Crippen LogP) is 2.97. The Kier molecular flexibility index (Phi) is 4.07. The fraction of sp³-hybridized carbons (Fsp3) is 1.00. The van der Waals surface area contributed by atoms with Gasteiger partial charge in [0.1, 0.15) is 0 Å². The van der Waals surface area contributed by atoms with Crippen LogP contribution >= 0.6 is 0 Å². The van der Waals surface area contributed by atoms with Crippen molar-refractivity contribution < 1.29 is 5.11 Å². The summed E-state index contributed by atoms with van der Waals surface area (Å²) in [5.74, 6) is 1.33. The molecule has 0 spiro atoms. The Morgan fingerprint density at radius 1 is 1.17 bits per heavy atom. The van der Waals surface area contributed by atoms with Gasteiger partial charge in [-0.1, -0.05) is 33.1 Å².